The van der Waals surface area contributed by atoms with Crippen LogP contribution in [-0.4, -0.2) is 30.7 Å². The summed E-state index contributed by atoms with van der Waals surface area (Å²) in [5.74, 6) is 0.0562. The maximum atomic E-state index is 13.0. The van der Waals surface area contributed by atoms with Crippen LogP contribution in [0, 0.1) is 0 Å². The number of hydrogen-bond donors (Lipinski definition) is 2. The molecule has 7 nitrogen and oxygen atoms in total. The van der Waals surface area contributed by atoms with Gasteiger partial charge in [-0.3, -0.25) is 9.78 Å². The largest absolute Gasteiger partial charge is 0.593 e. The number of rotatable bonds is 7. The third-order valence-electron chi connectivity index (χ3n) is 5.06. The molecule has 1 aliphatic rings. The highest BCUT2D eigenvalue weighted by atomic mass is 35.5. The Kier molecular flexibility index (Phi) is 6.13. The molecule has 9 heteroatoms. The van der Waals surface area contributed by atoms with Gasteiger partial charge in [0.05, 0.1) is 27.5 Å². The fraction of sp³-hybridized carbons (Fsp3) is 0.273. The molecule has 1 unspecified atom stereocenters. The number of hydrogen-bond acceptors (Lipinski definition) is 6. The van der Waals surface area contributed by atoms with E-state index in [4.69, 9.17) is 11.6 Å². The normalized spacial score (nSPS) is 14.7. The van der Waals surface area contributed by atoms with Crippen molar-refractivity contribution in [1.82, 2.24) is 15.0 Å². The van der Waals surface area contributed by atoms with Crippen molar-refractivity contribution in [2.45, 2.75) is 37.4 Å². The van der Waals surface area contributed by atoms with E-state index in [1.54, 1.807) is 38.5 Å². The van der Waals surface area contributed by atoms with E-state index in [1.165, 1.54) is 0 Å². The summed E-state index contributed by atoms with van der Waals surface area (Å²) in [4.78, 5) is 25.7. The summed E-state index contributed by atoms with van der Waals surface area (Å²) < 4.78 is 14.9. The molecular formula is C22H22ClN5O2S. The molecule has 0 bridgehead atoms. The Morgan fingerprint density at radius 1 is 1.16 bits per heavy atom. The van der Waals surface area contributed by atoms with E-state index in [2.05, 4.69) is 25.0 Å². The highest BCUT2D eigenvalue weighted by Gasteiger charge is 2.36. The predicted octanol–water partition coefficient (Wildman–Crippen LogP) is 4.35. The monoisotopic (exact) mass is 455 g/mol. The number of benzene rings is 1. The minimum absolute atomic E-state index is 0.161. The van der Waals surface area contributed by atoms with Gasteiger partial charge in [0, 0.05) is 42.7 Å². The van der Waals surface area contributed by atoms with E-state index in [-0.39, 0.29) is 17.1 Å². The summed E-state index contributed by atoms with van der Waals surface area (Å²) >= 11 is 4.81. The Morgan fingerprint density at radius 2 is 1.90 bits per heavy atom. The van der Waals surface area contributed by atoms with Gasteiger partial charge in [0.1, 0.15) is 5.25 Å². The molecule has 160 valence electrons. The van der Waals surface area contributed by atoms with Crippen molar-refractivity contribution in [3.63, 3.8) is 0 Å². The molecule has 2 N–H and O–H groups in total. The zero-order valence-electron chi connectivity index (χ0n) is 17.1. The molecule has 0 spiro atoms. The van der Waals surface area contributed by atoms with E-state index in [0.717, 1.165) is 24.0 Å². The minimum atomic E-state index is -1.20. The number of halogens is 1. The SMILES string of the molecule is CC(C)(C(=O)Nc1ccc(-c2cncc(Cl)c2)cc1)c1ccnc(N[S+]([O-])C2CC2)n1. The van der Waals surface area contributed by atoms with Crippen molar-refractivity contribution < 1.29 is 9.35 Å². The number of anilines is 2. The Morgan fingerprint density at radius 3 is 2.58 bits per heavy atom. The van der Waals surface area contributed by atoms with E-state index < -0.39 is 16.8 Å². The summed E-state index contributed by atoms with van der Waals surface area (Å²) in [6, 6.07) is 11.0. The van der Waals surface area contributed by atoms with Gasteiger partial charge in [-0.05, 0) is 43.7 Å². The van der Waals surface area contributed by atoms with Crippen molar-refractivity contribution in [2.75, 3.05) is 10.0 Å². The number of aromatic nitrogens is 3. The first-order chi connectivity index (χ1) is 14.8. The van der Waals surface area contributed by atoms with Crippen molar-refractivity contribution in [3.05, 3.63) is 65.7 Å². The Hall–Kier alpha value is -2.68. The number of amides is 1. The highest BCUT2D eigenvalue weighted by molar-refractivity contribution is 7.93. The molecule has 1 saturated carbocycles. The summed E-state index contributed by atoms with van der Waals surface area (Å²) in [6.45, 7) is 3.58. The molecule has 2 aromatic heterocycles. The molecule has 2 heterocycles. The number of carbonyl (C=O) groups excluding carboxylic acids is 1. The van der Waals surface area contributed by atoms with Gasteiger partial charge >= 0.3 is 0 Å². The number of nitrogens with one attached hydrogen (secondary N) is 2. The number of pyridine rings is 1. The average molecular weight is 456 g/mol. The Balaban J connectivity index is 1.46. The summed E-state index contributed by atoms with van der Waals surface area (Å²) in [7, 11) is 0. The van der Waals surface area contributed by atoms with E-state index in [9.17, 15) is 9.35 Å². The minimum Gasteiger partial charge on any atom is -0.593 e. The fourth-order valence-corrected chi connectivity index (χ4v) is 4.11. The van der Waals surface area contributed by atoms with Crippen LogP contribution in [0.25, 0.3) is 11.1 Å². The van der Waals surface area contributed by atoms with Gasteiger partial charge in [0.2, 0.25) is 5.91 Å². The quantitative estimate of drug-likeness (QED) is 0.513. The zero-order chi connectivity index (χ0) is 22.0. The fourth-order valence-electron chi connectivity index (χ4n) is 2.93. The smallest absolute Gasteiger partial charge is 0.265 e. The predicted molar refractivity (Wildman–Crippen MR) is 123 cm³/mol. The van der Waals surface area contributed by atoms with E-state index >= 15 is 0 Å². The second-order valence-electron chi connectivity index (χ2n) is 7.91. The van der Waals surface area contributed by atoms with Gasteiger partial charge in [0.25, 0.3) is 5.95 Å². The molecule has 0 radical (unpaired) electrons. The lowest BCUT2D eigenvalue weighted by atomic mass is 9.88. The summed E-state index contributed by atoms with van der Waals surface area (Å²) in [5, 5.41) is 3.67. The van der Waals surface area contributed by atoms with Gasteiger partial charge in [-0.15, -0.1) is 0 Å². The van der Waals surface area contributed by atoms with Gasteiger partial charge < -0.3 is 9.87 Å². The van der Waals surface area contributed by atoms with E-state index in [0.29, 0.717) is 16.4 Å². The van der Waals surface area contributed by atoms with Crippen LogP contribution in [0.15, 0.2) is 55.0 Å². The second kappa shape index (κ2) is 8.82. The van der Waals surface area contributed by atoms with Crippen LogP contribution >= 0.6 is 11.6 Å². The van der Waals surface area contributed by atoms with Crippen molar-refractivity contribution >= 4 is 40.5 Å². The first kappa shape index (κ1) is 21.5. The van der Waals surface area contributed by atoms with Gasteiger partial charge in [0.15, 0.2) is 0 Å². The third-order valence-corrected chi connectivity index (χ3v) is 6.73. The molecule has 0 aliphatic heterocycles. The molecular weight excluding hydrogens is 434 g/mol. The molecule has 1 aromatic carbocycles. The highest BCUT2D eigenvalue weighted by Crippen LogP contribution is 2.30. The maximum Gasteiger partial charge on any atom is 0.265 e. The van der Waals surface area contributed by atoms with Crippen LogP contribution in [0.4, 0.5) is 11.6 Å². The molecule has 0 saturated heterocycles. The van der Waals surface area contributed by atoms with Gasteiger partial charge in [-0.2, -0.15) is 4.72 Å². The lowest BCUT2D eigenvalue weighted by molar-refractivity contribution is -0.120. The van der Waals surface area contributed by atoms with Crippen molar-refractivity contribution in [3.8, 4) is 11.1 Å². The lowest BCUT2D eigenvalue weighted by Gasteiger charge is -2.23. The first-order valence-corrected chi connectivity index (χ1v) is 11.5. The Bertz CT molecular complexity index is 1090. The standard InChI is InChI=1S/C22H22ClN5O2S/c1-22(2,19-9-10-25-21(27-19)28-31(30)18-7-8-18)20(29)26-17-5-3-14(4-6-17)15-11-16(23)13-24-12-15/h3-6,9-13,18H,7-8H2,1-2H3,(H,26,29)(H,25,27,28). The van der Waals surface area contributed by atoms with Gasteiger partial charge in [-0.1, -0.05) is 23.7 Å². The van der Waals surface area contributed by atoms with Crippen LogP contribution in [0.1, 0.15) is 32.4 Å². The summed E-state index contributed by atoms with van der Waals surface area (Å²) in [5.41, 5.74) is 2.13. The van der Waals surface area contributed by atoms with Crippen LogP contribution in [-0.2, 0) is 21.6 Å². The van der Waals surface area contributed by atoms with Crippen LogP contribution in [0.2, 0.25) is 5.02 Å². The van der Waals surface area contributed by atoms with Crippen LogP contribution in [0.3, 0.4) is 0 Å². The first-order valence-electron chi connectivity index (χ1n) is 9.86. The maximum absolute atomic E-state index is 13.0. The molecule has 4 rings (SSSR count). The number of nitrogens with zero attached hydrogens (tertiary/aromatic N) is 3. The molecule has 1 atom stereocenters. The summed E-state index contributed by atoms with van der Waals surface area (Å²) in [6.07, 6.45) is 6.77. The van der Waals surface area contributed by atoms with Gasteiger partial charge in [-0.25, -0.2) is 9.97 Å². The third kappa shape index (κ3) is 5.15. The topological polar surface area (TPSA) is 103 Å². The lowest BCUT2D eigenvalue weighted by Crippen LogP contribution is -2.36. The van der Waals surface area contributed by atoms with Crippen molar-refractivity contribution in [2.24, 2.45) is 0 Å². The average Bonchev–Trinajstić information content (AvgIpc) is 3.60. The van der Waals surface area contributed by atoms with E-state index in [1.807, 2.05) is 30.3 Å². The number of carbonyl (C=O) groups is 1. The van der Waals surface area contributed by atoms with Crippen molar-refractivity contribution in [1.29, 1.82) is 0 Å². The molecule has 1 amide bonds. The zero-order valence-corrected chi connectivity index (χ0v) is 18.7. The van der Waals surface area contributed by atoms with Crippen LogP contribution < -0.4 is 10.0 Å². The molecule has 1 fully saturated rings. The molecule has 3 aromatic rings. The molecule has 1 aliphatic carbocycles. The molecule has 31 heavy (non-hydrogen) atoms. The second-order valence-corrected chi connectivity index (χ2v) is 9.81. The Labute approximate surface area is 189 Å². The van der Waals surface area contributed by atoms with Crippen LogP contribution in [0.5, 0.6) is 0 Å².